The maximum Gasteiger partial charge on any atom is 0.281 e. The first-order valence-electron chi connectivity index (χ1n) is 3.67. The third kappa shape index (κ3) is 1.99. The molecule has 3 nitrogen and oxygen atoms in total. The molecule has 0 radical (unpaired) electrons. The van der Waals surface area contributed by atoms with Crippen molar-refractivity contribution in [3.05, 3.63) is 26.6 Å². The van der Waals surface area contributed by atoms with Crippen molar-refractivity contribution in [2.75, 3.05) is 0 Å². The van der Waals surface area contributed by atoms with Crippen LogP contribution in [-0.4, -0.2) is 4.98 Å². The smallest absolute Gasteiger partial charge is 0.281 e. The Hall–Kier alpha value is -0.810. The van der Waals surface area contributed by atoms with Crippen molar-refractivity contribution < 1.29 is 8.78 Å². The van der Waals surface area contributed by atoms with Gasteiger partial charge in [-0.2, -0.15) is 5.26 Å². The number of nitriles is 1. The summed E-state index contributed by atoms with van der Waals surface area (Å²) < 4.78 is 25.4. The van der Waals surface area contributed by atoms with Gasteiger partial charge in [-0.15, -0.1) is 0 Å². The molecule has 0 aromatic carbocycles. The van der Waals surface area contributed by atoms with Crippen LogP contribution < -0.4 is 5.73 Å². The molecule has 0 saturated heterocycles. The average Bonchev–Trinajstić information content (AvgIpc) is 2.16. The molecule has 0 amide bonds. The molecule has 0 saturated carbocycles. The summed E-state index contributed by atoms with van der Waals surface area (Å²) >= 11 is 1.91. The molecule has 0 fully saturated rings. The molecule has 0 aliphatic heterocycles. The van der Waals surface area contributed by atoms with E-state index in [0.717, 1.165) is 0 Å². The molecule has 1 rings (SSSR count). The van der Waals surface area contributed by atoms with Crippen molar-refractivity contribution in [2.24, 2.45) is 5.73 Å². The van der Waals surface area contributed by atoms with E-state index in [2.05, 4.69) is 4.98 Å². The van der Waals surface area contributed by atoms with Gasteiger partial charge in [0, 0.05) is 21.9 Å². The van der Waals surface area contributed by atoms with Crippen molar-refractivity contribution in [3.8, 4) is 6.07 Å². The van der Waals surface area contributed by atoms with Gasteiger partial charge in [0.15, 0.2) is 0 Å². The Morgan fingerprint density at radius 3 is 2.71 bits per heavy atom. The van der Waals surface area contributed by atoms with E-state index in [0.29, 0.717) is 9.13 Å². The van der Waals surface area contributed by atoms with Crippen molar-refractivity contribution in [2.45, 2.75) is 13.0 Å². The largest absolute Gasteiger partial charge is 0.326 e. The molecule has 0 aliphatic carbocycles. The van der Waals surface area contributed by atoms with E-state index in [-0.39, 0.29) is 12.1 Å². The fourth-order valence-electron chi connectivity index (χ4n) is 1.03. The number of halogens is 3. The Kier molecular flexibility index (Phi) is 3.71. The Morgan fingerprint density at radius 2 is 2.29 bits per heavy atom. The van der Waals surface area contributed by atoms with Gasteiger partial charge in [-0.05, 0) is 22.6 Å². The SMILES string of the molecule is N#Cc1c(C(F)F)ncc(I)c1CN. The Morgan fingerprint density at radius 1 is 1.64 bits per heavy atom. The molecule has 0 spiro atoms. The quantitative estimate of drug-likeness (QED) is 0.849. The fourth-order valence-corrected chi connectivity index (χ4v) is 1.66. The van der Waals surface area contributed by atoms with E-state index in [1.165, 1.54) is 6.20 Å². The molecular weight excluding hydrogens is 303 g/mol. The third-order valence-electron chi connectivity index (χ3n) is 1.69. The third-order valence-corrected chi connectivity index (χ3v) is 2.62. The van der Waals surface area contributed by atoms with Crippen LogP contribution in [0.2, 0.25) is 0 Å². The van der Waals surface area contributed by atoms with Gasteiger partial charge < -0.3 is 5.73 Å². The summed E-state index contributed by atoms with van der Waals surface area (Å²) in [7, 11) is 0. The fraction of sp³-hybridized carbons (Fsp3) is 0.250. The second kappa shape index (κ2) is 4.61. The van der Waals surface area contributed by atoms with E-state index >= 15 is 0 Å². The Labute approximate surface area is 93.1 Å². The molecule has 1 aromatic heterocycles. The first kappa shape index (κ1) is 11.3. The first-order valence-corrected chi connectivity index (χ1v) is 4.75. The van der Waals surface area contributed by atoms with Gasteiger partial charge in [0.25, 0.3) is 6.43 Å². The minimum atomic E-state index is -2.74. The van der Waals surface area contributed by atoms with Crippen molar-refractivity contribution in [1.29, 1.82) is 5.26 Å². The van der Waals surface area contributed by atoms with Crippen LogP contribution in [0.25, 0.3) is 0 Å². The zero-order chi connectivity index (χ0) is 10.7. The van der Waals surface area contributed by atoms with Gasteiger partial charge in [0.2, 0.25) is 0 Å². The average molecular weight is 309 g/mol. The molecular formula is C8H6F2IN3. The number of pyridine rings is 1. The molecule has 0 atom stereocenters. The molecule has 0 aliphatic rings. The molecule has 0 bridgehead atoms. The lowest BCUT2D eigenvalue weighted by atomic mass is 10.1. The van der Waals surface area contributed by atoms with E-state index < -0.39 is 12.1 Å². The maximum absolute atomic E-state index is 12.4. The predicted molar refractivity (Wildman–Crippen MR) is 54.5 cm³/mol. The van der Waals surface area contributed by atoms with Crippen LogP contribution in [0.4, 0.5) is 8.78 Å². The van der Waals surface area contributed by atoms with Crippen LogP contribution in [0, 0.1) is 14.9 Å². The normalized spacial score (nSPS) is 10.3. The number of nitrogens with two attached hydrogens (primary N) is 1. The number of hydrogen-bond acceptors (Lipinski definition) is 3. The van der Waals surface area contributed by atoms with E-state index in [4.69, 9.17) is 11.0 Å². The maximum atomic E-state index is 12.4. The molecule has 0 unspecified atom stereocenters. The molecule has 14 heavy (non-hydrogen) atoms. The first-order chi connectivity index (χ1) is 6.61. The van der Waals surface area contributed by atoms with Crippen molar-refractivity contribution in [1.82, 2.24) is 4.98 Å². The van der Waals surface area contributed by atoms with Crippen LogP contribution >= 0.6 is 22.6 Å². The number of nitrogens with zero attached hydrogens (tertiary/aromatic N) is 2. The summed E-state index contributed by atoms with van der Waals surface area (Å²) in [6.45, 7) is 0.0589. The van der Waals surface area contributed by atoms with E-state index in [9.17, 15) is 8.78 Å². The highest BCUT2D eigenvalue weighted by molar-refractivity contribution is 14.1. The minimum absolute atomic E-state index is 0.0589. The highest BCUT2D eigenvalue weighted by atomic mass is 127. The van der Waals surface area contributed by atoms with Gasteiger partial charge in [-0.1, -0.05) is 0 Å². The summed E-state index contributed by atoms with van der Waals surface area (Å²) in [6, 6.07) is 1.71. The number of rotatable bonds is 2. The zero-order valence-electron chi connectivity index (χ0n) is 6.97. The molecule has 74 valence electrons. The van der Waals surface area contributed by atoms with Gasteiger partial charge in [0.1, 0.15) is 11.8 Å². The van der Waals surface area contributed by atoms with Crippen LogP contribution in [0.3, 0.4) is 0 Å². The second-order valence-corrected chi connectivity index (χ2v) is 3.62. The molecule has 1 heterocycles. The van der Waals surface area contributed by atoms with Crippen molar-refractivity contribution in [3.63, 3.8) is 0 Å². The monoisotopic (exact) mass is 309 g/mol. The van der Waals surface area contributed by atoms with Crippen molar-refractivity contribution >= 4 is 22.6 Å². The summed E-state index contributed by atoms with van der Waals surface area (Å²) in [5.41, 5.74) is 5.20. The lowest BCUT2D eigenvalue weighted by Gasteiger charge is -2.07. The Balaban J connectivity index is 3.43. The number of aromatic nitrogens is 1. The van der Waals surface area contributed by atoms with E-state index in [1.807, 2.05) is 22.6 Å². The van der Waals surface area contributed by atoms with Gasteiger partial charge >= 0.3 is 0 Å². The summed E-state index contributed by atoms with van der Waals surface area (Å²) in [4.78, 5) is 3.52. The molecule has 2 N–H and O–H groups in total. The Bertz CT molecular complexity index is 387. The standard InChI is InChI=1S/C8H6F2IN3/c9-8(10)7-5(2-13)4(1-12)6(11)3-14-7/h3,8H,1,12H2. The summed E-state index contributed by atoms with van der Waals surface area (Å²) in [5.74, 6) is 0. The van der Waals surface area contributed by atoms with Gasteiger partial charge in [-0.25, -0.2) is 8.78 Å². The lowest BCUT2D eigenvalue weighted by Crippen LogP contribution is -2.07. The van der Waals surface area contributed by atoms with Crippen LogP contribution in [-0.2, 0) is 6.54 Å². The van der Waals surface area contributed by atoms with E-state index in [1.54, 1.807) is 6.07 Å². The lowest BCUT2D eigenvalue weighted by molar-refractivity contribution is 0.145. The predicted octanol–water partition coefficient (Wildman–Crippen LogP) is 1.95. The topological polar surface area (TPSA) is 62.7 Å². The molecule has 1 aromatic rings. The minimum Gasteiger partial charge on any atom is -0.326 e. The van der Waals surface area contributed by atoms with Gasteiger partial charge in [0.05, 0.1) is 5.56 Å². The van der Waals surface area contributed by atoms with Crippen LogP contribution in [0.1, 0.15) is 23.2 Å². The second-order valence-electron chi connectivity index (χ2n) is 2.46. The summed E-state index contributed by atoms with van der Waals surface area (Å²) in [6.07, 6.45) is -1.45. The highest BCUT2D eigenvalue weighted by Gasteiger charge is 2.19. The van der Waals surface area contributed by atoms with Crippen LogP contribution in [0.15, 0.2) is 6.20 Å². The summed E-state index contributed by atoms with van der Waals surface area (Å²) in [5, 5.41) is 8.72. The number of hydrogen-bond donors (Lipinski definition) is 1. The van der Waals surface area contributed by atoms with Crippen LogP contribution in [0.5, 0.6) is 0 Å². The number of alkyl halides is 2. The van der Waals surface area contributed by atoms with Gasteiger partial charge in [-0.3, -0.25) is 4.98 Å². The zero-order valence-corrected chi connectivity index (χ0v) is 9.12. The molecule has 6 heteroatoms. The highest BCUT2D eigenvalue weighted by Crippen LogP contribution is 2.25.